The van der Waals surface area contributed by atoms with Crippen molar-refractivity contribution in [3.05, 3.63) is 29.6 Å². The number of nitrogens with zero attached hydrogens (tertiary/aromatic N) is 1. The van der Waals surface area contributed by atoms with E-state index >= 15 is 0 Å². The third-order valence-corrected chi connectivity index (χ3v) is 2.15. The smallest absolute Gasteiger partial charge is 0.385 e. The van der Waals surface area contributed by atoms with Gasteiger partial charge in [-0.25, -0.2) is 4.39 Å². The Balaban J connectivity index is 2.25. The Hall–Kier alpha value is -1.81. The zero-order chi connectivity index (χ0) is 14.3. The summed E-state index contributed by atoms with van der Waals surface area (Å²) in [7, 11) is 0. The number of nitriles is 1. The maximum absolute atomic E-state index is 13.0. The number of nitrogens with one attached hydrogen (secondary N) is 1. The minimum absolute atomic E-state index is 0.0290. The van der Waals surface area contributed by atoms with Crippen molar-refractivity contribution in [3.8, 4) is 6.07 Å². The van der Waals surface area contributed by atoms with Crippen LogP contribution in [0.3, 0.4) is 0 Å². The average Bonchev–Trinajstić information content (AvgIpc) is 2.34. The van der Waals surface area contributed by atoms with Crippen molar-refractivity contribution < 1.29 is 22.3 Å². The van der Waals surface area contributed by atoms with Gasteiger partial charge in [0.2, 0.25) is 0 Å². The lowest BCUT2D eigenvalue weighted by atomic mass is 10.2. The van der Waals surface area contributed by atoms with E-state index in [0.717, 1.165) is 6.07 Å². The lowest BCUT2D eigenvalue weighted by molar-refractivity contribution is -0.173. The molecular formula is C12H12F4N2O. The molecule has 0 spiro atoms. The quantitative estimate of drug-likeness (QED) is 0.641. The van der Waals surface area contributed by atoms with Gasteiger partial charge in [0.05, 0.1) is 5.56 Å². The first-order valence-corrected chi connectivity index (χ1v) is 5.50. The highest BCUT2D eigenvalue weighted by Gasteiger charge is 2.27. The number of benzene rings is 1. The van der Waals surface area contributed by atoms with Gasteiger partial charge in [-0.3, -0.25) is 0 Å². The van der Waals surface area contributed by atoms with Crippen LogP contribution in [0.15, 0.2) is 18.2 Å². The maximum Gasteiger partial charge on any atom is 0.411 e. The first-order valence-electron chi connectivity index (χ1n) is 5.50. The van der Waals surface area contributed by atoms with E-state index < -0.39 is 18.6 Å². The maximum atomic E-state index is 13.0. The molecule has 0 unspecified atom stereocenters. The van der Waals surface area contributed by atoms with Crippen LogP contribution in [0, 0.1) is 17.1 Å². The molecule has 0 heterocycles. The number of rotatable bonds is 6. The number of halogens is 4. The van der Waals surface area contributed by atoms with Crippen molar-refractivity contribution in [1.82, 2.24) is 0 Å². The molecule has 0 fully saturated rings. The third-order valence-electron chi connectivity index (χ3n) is 2.15. The van der Waals surface area contributed by atoms with E-state index in [2.05, 4.69) is 10.1 Å². The van der Waals surface area contributed by atoms with Crippen LogP contribution in [0.5, 0.6) is 0 Å². The summed E-state index contributed by atoms with van der Waals surface area (Å²) in [6.45, 7) is -0.921. The van der Waals surface area contributed by atoms with Crippen LogP contribution in [-0.2, 0) is 4.74 Å². The van der Waals surface area contributed by atoms with Crippen LogP contribution < -0.4 is 5.32 Å². The normalized spacial score (nSPS) is 11.1. The fourth-order valence-corrected chi connectivity index (χ4v) is 1.32. The largest absolute Gasteiger partial charge is 0.411 e. The summed E-state index contributed by atoms with van der Waals surface area (Å²) in [4.78, 5) is 0. The van der Waals surface area contributed by atoms with Crippen molar-refractivity contribution in [2.45, 2.75) is 12.6 Å². The molecule has 0 radical (unpaired) electrons. The van der Waals surface area contributed by atoms with Gasteiger partial charge in [-0.05, 0) is 24.6 Å². The Morgan fingerprint density at radius 3 is 2.68 bits per heavy atom. The van der Waals surface area contributed by atoms with E-state index in [4.69, 9.17) is 5.26 Å². The summed E-state index contributed by atoms with van der Waals surface area (Å²) in [5, 5.41) is 11.5. The molecule has 104 valence electrons. The fraction of sp³-hybridized carbons (Fsp3) is 0.417. The lowest BCUT2D eigenvalue weighted by Gasteiger charge is -2.09. The molecule has 0 bridgehead atoms. The molecule has 1 rings (SSSR count). The zero-order valence-electron chi connectivity index (χ0n) is 9.93. The molecule has 0 saturated heterocycles. The molecule has 0 aromatic heterocycles. The second-order valence-corrected chi connectivity index (χ2v) is 3.75. The second kappa shape index (κ2) is 6.95. The monoisotopic (exact) mass is 276 g/mol. The van der Waals surface area contributed by atoms with Gasteiger partial charge < -0.3 is 10.1 Å². The Bertz CT molecular complexity index is 454. The van der Waals surface area contributed by atoms with Crippen molar-refractivity contribution in [3.63, 3.8) is 0 Å². The van der Waals surface area contributed by atoms with E-state index in [1.165, 1.54) is 12.1 Å². The number of ether oxygens (including phenoxy) is 1. The Kier molecular flexibility index (Phi) is 5.57. The summed E-state index contributed by atoms with van der Waals surface area (Å²) < 4.78 is 52.6. The molecule has 0 atom stereocenters. The van der Waals surface area contributed by atoms with Crippen LogP contribution in [0.4, 0.5) is 23.2 Å². The second-order valence-electron chi connectivity index (χ2n) is 3.75. The highest BCUT2D eigenvalue weighted by atomic mass is 19.4. The summed E-state index contributed by atoms with van der Waals surface area (Å²) in [5.74, 6) is -0.610. The van der Waals surface area contributed by atoms with Gasteiger partial charge in [0.25, 0.3) is 0 Å². The van der Waals surface area contributed by atoms with E-state index in [0.29, 0.717) is 18.7 Å². The minimum Gasteiger partial charge on any atom is -0.385 e. The van der Waals surface area contributed by atoms with Crippen LogP contribution in [0.1, 0.15) is 12.0 Å². The van der Waals surface area contributed by atoms with E-state index in [9.17, 15) is 17.6 Å². The fourth-order valence-electron chi connectivity index (χ4n) is 1.32. The van der Waals surface area contributed by atoms with Crippen molar-refractivity contribution in [2.24, 2.45) is 0 Å². The number of alkyl halides is 3. The molecule has 7 heteroatoms. The predicted octanol–water partition coefficient (Wildman–Crippen LogP) is 3.08. The molecular weight excluding hydrogens is 264 g/mol. The van der Waals surface area contributed by atoms with Crippen LogP contribution in [0.25, 0.3) is 0 Å². The van der Waals surface area contributed by atoms with Crippen molar-refractivity contribution in [2.75, 3.05) is 25.1 Å². The number of anilines is 1. The Labute approximate surface area is 107 Å². The summed E-state index contributed by atoms with van der Waals surface area (Å²) in [5.41, 5.74) is 0.451. The molecule has 0 amide bonds. The van der Waals surface area contributed by atoms with Gasteiger partial charge in [0, 0.05) is 18.8 Å². The van der Waals surface area contributed by atoms with Gasteiger partial charge in [-0.15, -0.1) is 0 Å². The summed E-state index contributed by atoms with van der Waals surface area (Å²) in [6, 6.07) is 5.64. The molecule has 0 saturated carbocycles. The average molecular weight is 276 g/mol. The molecule has 3 nitrogen and oxygen atoms in total. The van der Waals surface area contributed by atoms with E-state index in [1.807, 2.05) is 0 Å². The van der Waals surface area contributed by atoms with Crippen LogP contribution in [0.2, 0.25) is 0 Å². The van der Waals surface area contributed by atoms with Crippen molar-refractivity contribution in [1.29, 1.82) is 5.26 Å². The van der Waals surface area contributed by atoms with Gasteiger partial charge >= 0.3 is 6.18 Å². The van der Waals surface area contributed by atoms with Gasteiger partial charge in [0.15, 0.2) is 0 Å². The first kappa shape index (κ1) is 15.2. The Morgan fingerprint density at radius 2 is 2.05 bits per heavy atom. The van der Waals surface area contributed by atoms with E-state index in [1.54, 1.807) is 6.07 Å². The molecule has 0 aliphatic carbocycles. The lowest BCUT2D eigenvalue weighted by Crippen LogP contribution is -2.18. The summed E-state index contributed by atoms with van der Waals surface area (Å²) in [6.07, 6.45) is -3.94. The van der Waals surface area contributed by atoms with Crippen LogP contribution in [-0.4, -0.2) is 25.9 Å². The molecule has 1 N–H and O–H groups in total. The minimum atomic E-state index is -4.31. The number of hydrogen-bond donors (Lipinski definition) is 1. The van der Waals surface area contributed by atoms with Crippen molar-refractivity contribution >= 4 is 5.69 Å². The molecule has 1 aromatic rings. The SMILES string of the molecule is N#Cc1cc(NCCCOCC(F)(F)F)ccc1F. The van der Waals surface area contributed by atoms with E-state index in [-0.39, 0.29) is 12.2 Å². The zero-order valence-corrected chi connectivity index (χ0v) is 9.93. The molecule has 0 aliphatic rings. The summed E-state index contributed by atoms with van der Waals surface area (Å²) >= 11 is 0. The first-order chi connectivity index (χ1) is 8.92. The standard InChI is InChI=1S/C12H12F4N2O/c13-11-3-2-10(6-9(11)7-17)18-4-1-5-19-8-12(14,15)16/h2-3,6,18H,1,4-5,8H2. The van der Waals surface area contributed by atoms with Gasteiger partial charge in [-0.2, -0.15) is 18.4 Å². The predicted molar refractivity (Wildman–Crippen MR) is 61.1 cm³/mol. The van der Waals surface area contributed by atoms with Gasteiger partial charge in [-0.1, -0.05) is 0 Å². The molecule has 0 aliphatic heterocycles. The molecule has 19 heavy (non-hydrogen) atoms. The Morgan fingerprint density at radius 1 is 1.32 bits per heavy atom. The highest BCUT2D eigenvalue weighted by molar-refractivity contribution is 5.49. The molecule has 1 aromatic carbocycles. The number of hydrogen-bond acceptors (Lipinski definition) is 3. The third kappa shape index (κ3) is 6.06. The highest BCUT2D eigenvalue weighted by Crippen LogP contribution is 2.15. The van der Waals surface area contributed by atoms with Crippen LogP contribution >= 0.6 is 0 Å². The topological polar surface area (TPSA) is 45.0 Å². The van der Waals surface area contributed by atoms with Gasteiger partial charge in [0.1, 0.15) is 18.5 Å².